The standard InChI is InChI=1S/C11H19N3O2S/c1-15-7-5-12-11-13-10(14-17-11)8-9-4-2-3-6-16-9/h9H,2-8H2,1H3,(H,12,13,14). The number of anilines is 1. The Kier molecular flexibility index (Phi) is 5.15. The summed E-state index contributed by atoms with van der Waals surface area (Å²) in [5.74, 6) is 0.891. The lowest BCUT2D eigenvalue weighted by atomic mass is 10.1. The SMILES string of the molecule is COCCNc1nc(CC2CCCCO2)ns1. The highest BCUT2D eigenvalue weighted by Crippen LogP contribution is 2.18. The monoisotopic (exact) mass is 257 g/mol. The van der Waals surface area contributed by atoms with Crippen LogP contribution in [0.4, 0.5) is 5.13 Å². The molecule has 1 unspecified atom stereocenters. The van der Waals surface area contributed by atoms with Gasteiger partial charge in [-0.3, -0.25) is 0 Å². The van der Waals surface area contributed by atoms with E-state index >= 15 is 0 Å². The van der Waals surface area contributed by atoms with Crippen LogP contribution in [0, 0.1) is 0 Å². The Hall–Kier alpha value is -0.720. The maximum Gasteiger partial charge on any atom is 0.202 e. The summed E-state index contributed by atoms with van der Waals surface area (Å²) in [6.45, 7) is 2.33. The highest BCUT2D eigenvalue weighted by molar-refractivity contribution is 7.09. The molecule has 0 radical (unpaired) electrons. The first-order chi connectivity index (χ1) is 8.38. The molecule has 1 saturated heterocycles. The number of aromatic nitrogens is 2. The molecule has 17 heavy (non-hydrogen) atoms. The van der Waals surface area contributed by atoms with Crippen molar-refractivity contribution >= 4 is 16.7 Å². The quantitative estimate of drug-likeness (QED) is 0.786. The van der Waals surface area contributed by atoms with Crippen molar-refractivity contribution in [3.63, 3.8) is 0 Å². The molecule has 1 N–H and O–H groups in total. The van der Waals surface area contributed by atoms with Crippen LogP contribution in [-0.4, -0.2) is 42.3 Å². The highest BCUT2D eigenvalue weighted by Gasteiger charge is 2.16. The number of methoxy groups -OCH3 is 1. The Bertz CT molecular complexity index is 326. The van der Waals surface area contributed by atoms with Crippen LogP contribution in [-0.2, 0) is 15.9 Å². The van der Waals surface area contributed by atoms with Crippen LogP contribution >= 0.6 is 11.5 Å². The Labute approximate surface area is 106 Å². The minimum Gasteiger partial charge on any atom is -0.383 e. The van der Waals surface area contributed by atoms with Crippen molar-refractivity contribution in [2.45, 2.75) is 31.8 Å². The lowest BCUT2D eigenvalue weighted by Crippen LogP contribution is -2.21. The van der Waals surface area contributed by atoms with Gasteiger partial charge in [0.15, 0.2) is 0 Å². The average molecular weight is 257 g/mol. The molecule has 0 saturated carbocycles. The topological polar surface area (TPSA) is 56.3 Å². The molecule has 0 amide bonds. The van der Waals surface area contributed by atoms with Gasteiger partial charge in [-0.2, -0.15) is 4.37 Å². The second-order valence-corrected chi connectivity index (χ2v) is 4.88. The number of ether oxygens (including phenoxy) is 2. The first kappa shape index (κ1) is 12.7. The Balaban J connectivity index is 1.76. The van der Waals surface area contributed by atoms with Gasteiger partial charge in [-0.25, -0.2) is 4.98 Å². The van der Waals surface area contributed by atoms with Gasteiger partial charge in [0.2, 0.25) is 5.13 Å². The molecule has 1 aromatic heterocycles. The van der Waals surface area contributed by atoms with E-state index in [2.05, 4.69) is 14.7 Å². The van der Waals surface area contributed by atoms with Gasteiger partial charge < -0.3 is 14.8 Å². The van der Waals surface area contributed by atoms with Gasteiger partial charge in [-0.15, -0.1) is 0 Å². The summed E-state index contributed by atoms with van der Waals surface area (Å²) >= 11 is 1.41. The lowest BCUT2D eigenvalue weighted by Gasteiger charge is -2.21. The summed E-state index contributed by atoms with van der Waals surface area (Å²) in [4.78, 5) is 4.44. The molecule has 1 fully saturated rings. The van der Waals surface area contributed by atoms with Gasteiger partial charge in [0.05, 0.1) is 12.7 Å². The fraction of sp³-hybridized carbons (Fsp3) is 0.818. The summed E-state index contributed by atoms with van der Waals surface area (Å²) < 4.78 is 15.0. The van der Waals surface area contributed by atoms with Crippen LogP contribution in [0.1, 0.15) is 25.1 Å². The van der Waals surface area contributed by atoms with Crippen LogP contribution in [0.15, 0.2) is 0 Å². The van der Waals surface area contributed by atoms with Crippen LogP contribution in [0.3, 0.4) is 0 Å². The molecular weight excluding hydrogens is 238 g/mol. The third-order valence-corrected chi connectivity index (χ3v) is 3.45. The first-order valence-corrected chi connectivity index (χ1v) is 6.83. The molecule has 5 nitrogen and oxygen atoms in total. The first-order valence-electron chi connectivity index (χ1n) is 6.05. The maximum atomic E-state index is 5.67. The van der Waals surface area contributed by atoms with E-state index in [-0.39, 0.29) is 0 Å². The fourth-order valence-corrected chi connectivity index (χ4v) is 2.46. The molecule has 0 aliphatic carbocycles. The summed E-state index contributed by atoms with van der Waals surface area (Å²) in [6.07, 6.45) is 4.72. The van der Waals surface area contributed by atoms with E-state index in [1.165, 1.54) is 24.4 Å². The van der Waals surface area contributed by atoms with Gasteiger partial charge >= 0.3 is 0 Å². The van der Waals surface area contributed by atoms with Gasteiger partial charge in [-0.1, -0.05) is 0 Å². The molecule has 1 aromatic rings. The largest absolute Gasteiger partial charge is 0.383 e. The zero-order chi connectivity index (χ0) is 11.9. The van der Waals surface area contributed by atoms with Gasteiger partial charge in [0.1, 0.15) is 5.82 Å². The van der Waals surface area contributed by atoms with Crippen LogP contribution in [0.5, 0.6) is 0 Å². The van der Waals surface area contributed by atoms with Crippen molar-refractivity contribution < 1.29 is 9.47 Å². The van der Waals surface area contributed by atoms with E-state index in [1.807, 2.05) is 0 Å². The van der Waals surface area contributed by atoms with E-state index in [0.717, 1.165) is 36.9 Å². The zero-order valence-electron chi connectivity index (χ0n) is 10.1. The second kappa shape index (κ2) is 6.88. The van der Waals surface area contributed by atoms with Gasteiger partial charge in [0.25, 0.3) is 0 Å². The van der Waals surface area contributed by atoms with Crippen molar-refractivity contribution in [2.24, 2.45) is 0 Å². The van der Waals surface area contributed by atoms with Crippen molar-refractivity contribution in [3.8, 4) is 0 Å². The van der Waals surface area contributed by atoms with Crippen molar-refractivity contribution in [3.05, 3.63) is 5.82 Å². The van der Waals surface area contributed by atoms with Crippen LogP contribution in [0.2, 0.25) is 0 Å². The Morgan fingerprint density at radius 1 is 1.53 bits per heavy atom. The molecular formula is C11H19N3O2S. The molecule has 1 aliphatic rings. The van der Waals surface area contributed by atoms with E-state index in [1.54, 1.807) is 7.11 Å². The zero-order valence-corrected chi connectivity index (χ0v) is 11.0. The van der Waals surface area contributed by atoms with Crippen molar-refractivity contribution in [1.82, 2.24) is 9.36 Å². The molecule has 1 atom stereocenters. The summed E-state index contributed by atoms with van der Waals surface area (Å²) in [7, 11) is 1.69. The van der Waals surface area contributed by atoms with Gasteiger partial charge in [-0.05, 0) is 19.3 Å². The predicted molar refractivity (Wildman–Crippen MR) is 67.6 cm³/mol. The van der Waals surface area contributed by atoms with Crippen LogP contribution < -0.4 is 5.32 Å². The van der Waals surface area contributed by atoms with E-state index < -0.39 is 0 Å². The minimum atomic E-state index is 0.310. The number of rotatable bonds is 6. The molecule has 0 spiro atoms. The normalized spacial score (nSPS) is 20.4. The van der Waals surface area contributed by atoms with Crippen LogP contribution in [0.25, 0.3) is 0 Å². The lowest BCUT2D eigenvalue weighted by molar-refractivity contribution is 0.0158. The molecule has 0 aromatic carbocycles. The molecule has 0 bridgehead atoms. The average Bonchev–Trinajstić information content (AvgIpc) is 2.79. The van der Waals surface area contributed by atoms with Gasteiger partial charge in [0, 0.05) is 38.2 Å². The number of hydrogen-bond donors (Lipinski definition) is 1. The van der Waals surface area contributed by atoms with E-state index in [9.17, 15) is 0 Å². The third kappa shape index (κ3) is 4.22. The summed E-state index contributed by atoms with van der Waals surface area (Å²) in [6, 6.07) is 0. The third-order valence-electron chi connectivity index (χ3n) is 2.73. The summed E-state index contributed by atoms with van der Waals surface area (Å²) in [5.41, 5.74) is 0. The predicted octanol–water partition coefficient (Wildman–Crippen LogP) is 1.71. The second-order valence-electron chi connectivity index (χ2n) is 4.13. The van der Waals surface area contributed by atoms with Crippen molar-refractivity contribution in [2.75, 3.05) is 32.2 Å². The van der Waals surface area contributed by atoms with E-state index in [0.29, 0.717) is 12.7 Å². The molecule has 1 aliphatic heterocycles. The Morgan fingerprint density at radius 2 is 2.47 bits per heavy atom. The van der Waals surface area contributed by atoms with Crippen molar-refractivity contribution in [1.29, 1.82) is 0 Å². The summed E-state index contributed by atoms with van der Waals surface area (Å²) in [5, 5.41) is 4.05. The Morgan fingerprint density at radius 3 is 3.24 bits per heavy atom. The molecule has 6 heteroatoms. The molecule has 2 rings (SSSR count). The fourth-order valence-electron chi connectivity index (χ4n) is 1.84. The highest BCUT2D eigenvalue weighted by atomic mass is 32.1. The maximum absolute atomic E-state index is 5.67. The number of hydrogen-bond acceptors (Lipinski definition) is 6. The molecule has 96 valence electrons. The smallest absolute Gasteiger partial charge is 0.202 e. The minimum absolute atomic E-state index is 0.310. The van der Waals surface area contributed by atoms with E-state index in [4.69, 9.17) is 9.47 Å². The number of nitrogens with zero attached hydrogens (tertiary/aromatic N) is 2. The molecule has 2 heterocycles. The number of nitrogens with one attached hydrogen (secondary N) is 1.